The Morgan fingerprint density at radius 3 is 2.44 bits per heavy atom. The molecule has 0 amide bonds. The maximum Gasteiger partial charge on any atom is 0.0918 e. The van der Waals surface area contributed by atoms with Gasteiger partial charge < -0.3 is 0 Å². The van der Waals surface area contributed by atoms with Crippen molar-refractivity contribution in [1.29, 1.82) is 5.41 Å². The van der Waals surface area contributed by atoms with Gasteiger partial charge in [-0.15, -0.1) is 0 Å². The van der Waals surface area contributed by atoms with Gasteiger partial charge in [-0.2, -0.15) is 4.99 Å². The second-order valence-electron chi connectivity index (χ2n) is 4.83. The number of rotatable bonds is 4. The number of para-hydroxylation sites is 1. The van der Waals surface area contributed by atoms with E-state index in [-0.39, 0.29) is 0 Å². The Kier molecular flexibility index (Phi) is 4.45. The van der Waals surface area contributed by atoms with Gasteiger partial charge in [0.2, 0.25) is 0 Å². The maximum atomic E-state index is 7.04. The summed E-state index contributed by atoms with van der Waals surface area (Å²) in [5.74, 6) is 1.03. The van der Waals surface area contributed by atoms with Crippen molar-refractivity contribution >= 4 is 11.7 Å². The van der Waals surface area contributed by atoms with Crippen LogP contribution in [0.1, 0.15) is 44.7 Å². The number of aliphatic imine (C=N–C) groups is 1. The lowest BCUT2D eigenvalue weighted by atomic mass is 9.94. The van der Waals surface area contributed by atoms with E-state index in [0.29, 0.717) is 11.8 Å². The third-order valence-corrected chi connectivity index (χ3v) is 2.57. The quantitative estimate of drug-likeness (QED) is 0.724. The van der Waals surface area contributed by atoms with Crippen LogP contribution >= 0.6 is 0 Å². The second-order valence-corrected chi connectivity index (χ2v) is 4.83. The predicted molar refractivity (Wildman–Crippen MR) is 68.9 cm³/mol. The van der Waals surface area contributed by atoms with Gasteiger partial charge in [-0.05, 0) is 29.4 Å². The Hall–Kier alpha value is -1.40. The normalized spacial score (nSPS) is 10.6. The highest BCUT2D eigenvalue weighted by molar-refractivity contribution is 5.60. The van der Waals surface area contributed by atoms with Gasteiger partial charge >= 0.3 is 0 Å². The molecule has 1 aromatic rings. The van der Waals surface area contributed by atoms with Crippen LogP contribution in [0.5, 0.6) is 0 Å². The smallest absolute Gasteiger partial charge is 0.0918 e. The summed E-state index contributed by atoms with van der Waals surface area (Å²) in [4.78, 5) is 4.10. The largest absolute Gasteiger partial charge is 0.241 e. The van der Waals surface area contributed by atoms with E-state index < -0.39 is 0 Å². The average Bonchev–Trinajstić information content (AvgIpc) is 2.19. The fraction of sp³-hybridized carbons (Fsp3) is 0.500. The molecule has 0 aliphatic rings. The van der Waals surface area contributed by atoms with Crippen molar-refractivity contribution in [3.8, 4) is 0 Å². The van der Waals surface area contributed by atoms with Crippen LogP contribution in [0.4, 0.5) is 5.69 Å². The minimum atomic E-state index is 0.430. The number of hydrogen-bond acceptors (Lipinski definition) is 2. The molecule has 0 radical (unpaired) electrons. The fourth-order valence-corrected chi connectivity index (χ4v) is 1.87. The zero-order valence-corrected chi connectivity index (χ0v) is 10.5. The summed E-state index contributed by atoms with van der Waals surface area (Å²) in [6.45, 7) is 8.69. The van der Waals surface area contributed by atoms with Crippen LogP contribution in [0.3, 0.4) is 0 Å². The van der Waals surface area contributed by atoms with Gasteiger partial charge in [0.05, 0.1) is 11.7 Å². The highest BCUT2D eigenvalue weighted by Gasteiger charge is 2.11. The number of benzene rings is 1. The Morgan fingerprint density at radius 1 is 1.25 bits per heavy atom. The van der Waals surface area contributed by atoms with E-state index >= 15 is 0 Å². The van der Waals surface area contributed by atoms with Crippen molar-refractivity contribution in [2.45, 2.75) is 40.0 Å². The van der Waals surface area contributed by atoms with Crippen molar-refractivity contribution < 1.29 is 0 Å². The zero-order valence-electron chi connectivity index (χ0n) is 10.5. The van der Waals surface area contributed by atoms with Crippen LogP contribution in [-0.2, 0) is 6.42 Å². The van der Waals surface area contributed by atoms with Crippen LogP contribution in [-0.4, -0.2) is 6.01 Å². The molecule has 1 rings (SSSR count). The van der Waals surface area contributed by atoms with Gasteiger partial charge in [-0.3, -0.25) is 0 Å². The van der Waals surface area contributed by atoms with Gasteiger partial charge in [0, 0.05) is 0 Å². The van der Waals surface area contributed by atoms with E-state index in [4.69, 9.17) is 5.41 Å². The molecule has 0 unspecified atom stereocenters. The van der Waals surface area contributed by atoms with E-state index in [2.05, 4.69) is 56.9 Å². The van der Waals surface area contributed by atoms with E-state index in [1.54, 1.807) is 0 Å². The maximum absolute atomic E-state index is 7.04. The molecule has 0 heterocycles. The lowest BCUT2D eigenvalue weighted by molar-refractivity contribution is 0.646. The van der Waals surface area contributed by atoms with Crippen molar-refractivity contribution in [2.24, 2.45) is 10.9 Å². The third kappa shape index (κ3) is 3.04. The zero-order chi connectivity index (χ0) is 12.1. The molecule has 0 aliphatic carbocycles. The van der Waals surface area contributed by atoms with E-state index in [1.165, 1.54) is 11.1 Å². The van der Waals surface area contributed by atoms with Gasteiger partial charge in [-0.25, -0.2) is 5.41 Å². The summed E-state index contributed by atoms with van der Waals surface area (Å²) in [6.07, 6.45) is 1.00. The first kappa shape index (κ1) is 12.7. The minimum absolute atomic E-state index is 0.430. The molecule has 0 saturated carbocycles. The summed E-state index contributed by atoms with van der Waals surface area (Å²) in [7, 11) is 0. The molecule has 16 heavy (non-hydrogen) atoms. The van der Waals surface area contributed by atoms with Gasteiger partial charge in [-0.1, -0.05) is 45.9 Å². The van der Waals surface area contributed by atoms with Gasteiger partial charge in [0.15, 0.2) is 0 Å². The molecule has 0 aromatic heterocycles. The lowest BCUT2D eigenvalue weighted by Crippen LogP contribution is -1.98. The standard InChI is InChI=1S/C14H20N2/c1-10(2)8-12-6-5-7-13(11(3)4)14(12)16-9-15/h5-7,10-11,15H,8H2,1-4H3. The molecule has 1 aromatic carbocycles. The molecular formula is C14H20N2. The molecule has 0 atom stereocenters. The predicted octanol–water partition coefficient (Wildman–Crippen LogP) is 4.39. The van der Waals surface area contributed by atoms with Crippen molar-refractivity contribution in [3.63, 3.8) is 0 Å². The first-order valence-corrected chi connectivity index (χ1v) is 5.80. The molecule has 86 valence electrons. The van der Waals surface area contributed by atoms with E-state index in [1.807, 2.05) is 0 Å². The molecule has 0 saturated heterocycles. The molecular weight excluding hydrogens is 196 g/mol. The first-order chi connectivity index (χ1) is 7.56. The highest BCUT2D eigenvalue weighted by Crippen LogP contribution is 2.31. The molecule has 0 fully saturated rings. The molecule has 1 N–H and O–H groups in total. The van der Waals surface area contributed by atoms with Crippen LogP contribution in [0, 0.1) is 11.3 Å². The Morgan fingerprint density at radius 2 is 1.94 bits per heavy atom. The van der Waals surface area contributed by atoms with Crippen molar-refractivity contribution in [3.05, 3.63) is 29.3 Å². The topological polar surface area (TPSA) is 36.2 Å². The summed E-state index contributed by atoms with van der Waals surface area (Å²) in [5, 5.41) is 7.04. The van der Waals surface area contributed by atoms with Crippen LogP contribution in [0.2, 0.25) is 0 Å². The SMILES string of the molecule is CC(C)Cc1cccc(C(C)C)c1N=C=N. The first-order valence-electron chi connectivity index (χ1n) is 5.80. The Balaban J connectivity index is 3.26. The van der Waals surface area contributed by atoms with Crippen LogP contribution in [0.15, 0.2) is 23.2 Å². The van der Waals surface area contributed by atoms with Crippen molar-refractivity contribution in [2.75, 3.05) is 0 Å². The average molecular weight is 216 g/mol. The van der Waals surface area contributed by atoms with Crippen LogP contribution in [0.25, 0.3) is 0 Å². The highest BCUT2D eigenvalue weighted by atomic mass is 14.7. The molecule has 2 nitrogen and oxygen atoms in total. The monoisotopic (exact) mass is 216 g/mol. The number of nitrogens with zero attached hydrogens (tertiary/aromatic N) is 1. The summed E-state index contributed by atoms with van der Waals surface area (Å²) >= 11 is 0. The van der Waals surface area contributed by atoms with Crippen LogP contribution < -0.4 is 0 Å². The van der Waals surface area contributed by atoms with Gasteiger partial charge in [0.25, 0.3) is 0 Å². The lowest BCUT2D eigenvalue weighted by Gasteiger charge is -2.14. The Labute approximate surface area is 97.9 Å². The van der Waals surface area contributed by atoms with Crippen molar-refractivity contribution in [1.82, 2.24) is 0 Å². The van der Waals surface area contributed by atoms with Gasteiger partial charge in [0.1, 0.15) is 0 Å². The minimum Gasteiger partial charge on any atom is -0.241 e. The molecule has 0 bridgehead atoms. The number of hydrogen-bond donors (Lipinski definition) is 1. The number of nitrogens with one attached hydrogen (secondary N) is 1. The third-order valence-electron chi connectivity index (χ3n) is 2.57. The van der Waals surface area contributed by atoms with E-state index in [0.717, 1.165) is 12.1 Å². The summed E-state index contributed by atoms with van der Waals surface area (Å²) in [6, 6.07) is 8.43. The summed E-state index contributed by atoms with van der Waals surface area (Å²) < 4.78 is 0. The second kappa shape index (κ2) is 5.62. The van der Waals surface area contributed by atoms with E-state index in [9.17, 15) is 0 Å². The molecule has 2 heteroatoms. The summed E-state index contributed by atoms with van der Waals surface area (Å²) in [5.41, 5.74) is 3.38. The molecule has 0 aliphatic heterocycles. The Bertz CT molecular complexity index is 399. The fourth-order valence-electron chi connectivity index (χ4n) is 1.87. The molecule has 0 spiro atoms.